The molecule has 0 atom stereocenters. The second-order valence-electron chi connectivity index (χ2n) is 6.21. The van der Waals surface area contributed by atoms with Gasteiger partial charge in [0.25, 0.3) is 0 Å². The number of rotatable bonds is 3. The third-order valence-corrected chi connectivity index (χ3v) is 4.90. The molecule has 0 radical (unpaired) electrons. The smallest absolute Gasteiger partial charge is 0.137 e. The largest absolute Gasteiger partial charge is 0.367 e. The fourth-order valence-electron chi connectivity index (χ4n) is 3.22. The Balaban J connectivity index is 1.71. The number of fused-ring (bicyclic) bond motifs is 1. The molecule has 3 heterocycles. The van der Waals surface area contributed by atoms with Crippen molar-refractivity contribution in [1.29, 1.82) is 0 Å². The van der Waals surface area contributed by atoms with E-state index in [1.807, 2.05) is 48.0 Å². The number of aryl methyl sites for hydroxylation is 1. The first-order chi connectivity index (χ1) is 11.2. The summed E-state index contributed by atoms with van der Waals surface area (Å²) in [4.78, 5) is 9.24. The standard InChI is InChI=1S/C18H19ClN4/c1-12-9-18-20-10-16(23(18)11-14(12)19)15-7-4-8-17(22-15)21-13-5-2-3-6-13/h4,7-11,13H,2-3,5-6H2,1H3,(H,21,22). The summed E-state index contributed by atoms with van der Waals surface area (Å²) in [6.45, 7) is 1.99. The van der Waals surface area contributed by atoms with E-state index < -0.39 is 0 Å². The predicted molar refractivity (Wildman–Crippen MR) is 94.0 cm³/mol. The van der Waals surface area contributed by atoms with Gasteiger partial charge in [-0.05, 0) is 43.5 Å². The minimum Gasteiger partial charge on any atom is -0.367 e. The second kappa shape index (κ2) is 5.85. The second-order valence-corrected chi connectivity index (χ2v) is 6.62. The summed E-state index contributed by atoms with van der Waals surface area (Å²) in [5, 5.41) is 4.28. The Hall–Kier alpha value is -2.07. The van der Waals surface area contributed by atoms with E-state index in [0.29, 0.717) is 6.04 Å². The van der Waals surface area contributed by atoms with Crippen molar-refractivity contribution >= 4 is 23.1 Å². The molecule has 0 amide bonds. The molecule has 5 heteroatoms. The highest BCUT2D eigenvalue weighted by Gasteiger charge is 2.15. The molecule has 3 aromatic heterocycles. The molecule has 1 saturated carbocycles. The molecule has 3 aromatic rings. The zero-order valence-corrected chi connectivity index (χ0v) is 13.8. The van der Waals surface area contributed by atoms with Crippen LogP contribution in [0, 0.1) is 6.92 Å². The molecular weight excluding hydrogens is 308 g/mol. The first-order valence-corrected chi connectivity index (χ1v) is 8.46. The Labute approximate surface area is 140 Å². The van der Waals surface area contributed by atoms with Crippen LogP contribution >= 0.6 is 11.6 Å². The minimum atomic E-state index is 0.553. The van der Waals surface area contributed by atoms with Gasteiger partial charge in [-0.2, -0.15) is 0 Å². The molecule has 0 aliphatic heterocycles. The molecule has 0 aromatic carbocycles. The van der Waals surface area contributed by atoms with E-state index in [1.54, 1.807) is 0 Å². The average Bonchev–Trinajstić information content (AvgIpc) is 3.18. The normalized spacial score (nSPS) is 15.4. The van der Waals surface area contributed by atoms with Gasteiger partial charge < -0.3 is 5.32 Å². The molecule has 1 fully saturated rings. The van der Waals surface area contributed by atoms with Crippen LogP contribution in [0.15, 0.2) is 36.7 Å². The predicted octanol–water partition coefficient (Wildman–Crippen LogP) is 4.71. The van der Waals surface area contributed by atoms with Crippen molar-refractivity contribution in [2.75, 3.05) is 5.32 Å². The van der Waals surface area contributed by atoms with Crippen LogP contribution in [0.3, 0.4) is 0 Å². The Morgan fingerprint density at radius 3 is 2.91 bits per heavy atom. The molecular formula is C18H19ClN4. The lowest BCUT2D eigenvalue weighted by molar-refractivity contribution is 0.751. The van der Waals surface area contributed by atoms with E-state index in [1.165, 1.54) is 25.7 Å². The van der Waals surface area contributed by atoms with E-state index in [2.05, 4.69) is 10.3 Å². The van der Waals surface area contributed by atoms with Gasteiger partial charge in [0.15, 0.2) is 0 Å². The molecule has 4 nitrogen and oxygen atoms in total. The van der Waals surface area contributed by atoms with Crippen LogP contribution in [-0.2, 0) is 0 Å². The van der Waals surface area contributed by atoms with Crippen LogP contribution in [0.1, 0.15) is 31.2 Å². The molecule has 1 aliphatic rings. The van der Waals surface area contributed by atoms with E-state index in [4.69, 9.17) is 16.6 Å². The van der Waals surface area contributed by atoms with Gasteiger partial charge in [0, 0.05) is 12.2 Å². The number of imidazole rings is 1. The fourth-order valence-corrected chi connectivity index (χ4v) is 3.37. The SMILES string of the molecule is Cc1cc2ncc(-c3cccc(NC4CCCC4)n3)n2cc1Cl. The van der Waals surface area contributed by atoms with Crippen molar-refractivity contribution in [3.05, 3.63) is 47.2 Å². The number of hydrogen-bond acceptors (Lipinski definition) is 3. The Bertz CT molecular complexity index is 849. The molecule has 1 aliphatic carbocycles. The number of nitrogens with zero attached hydrogens (tertiary/aromatic N) is 3. The first kappa shape index (κ1) is 14.5. The van der Waals surface area contributed by atoms with Crippen LogP contribution in [0.2, 0.25) is 5.02 Å². The van der Waals surface area contributed by atoms with Crippen LogP contribution in [0.4, 0.5) is 5.82 Å². The Kier molecular flexibility index (Phi) is 3.69. The lowest BCUT2D eigenvalue weighted by Gasteiger charge is -2.13. The van der Waals surface area contributed by atoms with Crippen LogP contribution in [-0.4, -0.2) is 20.4 Å². The highest BCUT2D eigenvalue weighted by Crippen LogP contribution is 2.26. The Morgan fingerprint density at radius 2 is 2.09 bits per heavy atom. The summed E-state index contributed by atoms with van der Waals surface area (Å²) in [6.07, 6.45) is 8.85. The molecule has 0 bridgehead atoms. The van der Waals surface area contributed by atoms with Gasteiger partial charge >= 0.3 is 0 Å². The van der Waals surface area contributed by atoms with Gasteiger partial charge in [0.05, 0.1) is 22.6 Å². The fraction of sp³-hybridized carbons (Fsp3) is 0.333. The number of aromatic nitrogens is 3. The van der Waals surface area contributed by atoms with E-state index >= 15 is 0 Å². The average molecular weight is 327 g/mol. The molecule has 0 saturated heterocycles. The lowest BCUT2D eigenvalue weighted by Crippen LogP contribution is -2.15. The number of hydrogen-bond donors (Lipinski definition) is 1. The zero-order valence-electron chi connectivity index (χ0n) is 13.1. The van der Waals surface area contributed by atoms with Crippen LogP contribution in [0.25, 0.3) is 17.0 Å². The van der Waals surface area contributed by atoms with Gasteiger partial charge in [0.1, 0.15) is 11.5 Å². The van der Waals surface area contributed by atoms with E-state index in [9.17, 15) is 0 Å². The topological polar surface area (TPSA) is 42.2 Å². The maximum absolute atomic E-state index is 6.27. The van der Waals surface area contributed by atoms with Crippen molar-refractivity contribution in [1.82, 2.24) is 14.4 Å². The molecule has 118 valence electrons. The summed E-state index contributed by atoms with van der Waals surface area (Å²) in [5.41, 5.74) is 3.77. The van der Waals surface area contributed by atoms with E-state index in [0.717, 1.165) is 33.4 Å². The third-order valence-electron chi connectivity index (χ3n) is 4.51. The number of nitrogens with one attached hydrogen (secondary N) is 1. The molecule has 0 spiro atoms. The summed E-state index contributed by atoms with van der Waals surface area (Å²) >= 11 is 6.27. The molecule has 23 heavy (non-hydrogen) atoms. The van der Waals surface area contributed by atoms with Gasteiger partial charge in [-0.3, -0.25) is 4.40 Å². The highest BCUT2D eigenvalue weighted by molar-refractivity contribution is 6.31. The first-order valence-electron chi connectivity index (χ1n) is 8.08. The summed E-state index contributed by atoms with van der Waals surface area (Å²) in [5.74, 6) is 0.933. The van der Waals surface area contributed by atoms with Gasteiger partial charge in [-0.1, -0.05) is 30.5 Å². The van der Waals surface area contributed by atoms with Crippen LogP contribution in [0.5, 0.6) is 0 Å². The minimum absolute atomic E-state index is 0.553. The van der Waals surface area contributed by atoms with Crippen LogP contribution < -0.4 is 5.32 Å². The highest BCUT2D eigenvalue weighted by atomic mass is 35.5. The zero-order chi connectivity index (χ0) is 15.8. The molecule has 4 rings (SSSR count). The monoisotopic (exact) mass is 326 g/mol. The number of halogens is 1. The summed E-state index contributed by atoms with van der Waals surface area (Å²) < 4.78 is 2.00. The quantitative estimate of drug-likeness (QED) is 0.757. The van der Waals surface area contributed by atoms with Crippen molar-refractivity contribution in [3.63, 3.8) is 0 Å². The van der Waals surface area contributed by atoms with Crippen molar-refractivity contribution in [3.8, 4) is 11.4 Å². The number of pyridine rings is 2. The van der Waals surface area contributed by atoms with Gasteiger partial charge in [-0.25, -0.2) is 9.97 Å². The maximum atomic E-state index is 6.27. The van der Waals surface area contributed by atoms with E-state index in [-0.39, 0.29) is 0 Å². The number of anilines is 1. The van der Waals surface area contributed by atoms with Gasteiger partial charge in [0.2, 0.25) is 0 Å². The Morgan fingerprint density at radius 1 is 1.26 bits per heavy atom. The lowest BCUT2D eigenvalue weighted by atomic mass is 10.2. The molecule has 1 N–H and O–H groups in total. The van der Waals surface area contributed by atoms with Crippen molar-refractivity contribution in [2.24, 2.45) is 0 Å². The maximum Gasteiger partial charge on any atom is 0.137 e. The van der Waals surface area contributed by atoms with Crippen molar-refractivity contribution < 1.29 is 0 Å². The summed E-state index contributed by atoms with van der Waals surface area (Å²) in [7, 11) is 0. The van der Waals surface area contributed by atoms with Gasteiger partial charge in [-0.15, -0.1) is 0 Å². The third kappa shape index (κ3) is 2.79. The van der Waals surface area contributed by atoms with Crippen molar-refractivity contribution in [2.45, 2.75) is 38.6 Å². The molecule has 0 unspecified atom stereocenters. The summed E-state index contributed by atoms with van der Waals surface area (Å²) in [6, 6.07) is 8.62.